The molecule has 0 saturated carbocycles. The number of carbonyl (C=O) groups is 1. The number of nitrogens with one attached hydrogen (secondary N) is 1. The van der Waals surface area contributed by atoms with Gasteiger partial charge in [-0.25, -0.2) is 4.79 Å². The second-order valence-electron chi connectivity index (χ2n) is 6.33. The zero-order chi connectivity index (χ0) is 14.7. The molecule has 1 aliphatic heterocycles. The molecule has 1 aliphatic rings. The van der Waals surface area contributed by atoms with Crippen LogP contribution in [-0.2, 0) is 14.2 Å². The minimum absolute atomic E-state index is 0.0227. The number of amides is 1. The number of carbonyl (C=O) groups excluding carboxylic acids is 1. The summed E-state index contributed by atoms with van der Waals surface area (Å²) >= 11 is 0. The van der Waals surface area contributed by atoms with Crippen LogP contribution in [-0.4, -0.2) is 42.8 Å². The number of hydrogen-bond donors (Lipinski definition) is 2. The highest BCUT2D eigenvalue weighted by Crippen LogP contribution is 2.24. The van der Waals surface area contributed by atoms with E-state index in [-0.39, 0.29) is 12.1 Å². The molecule has 0 bridgehead atoms. The van der Waals surface area contributed by atoms with Crippen LogP contribution in [0.1, 0.15) is 41.0 Å². The van der Waals surface area contributed by atoms with Gasteiger partial charge in [-0.3, -0.25) is 0 Å². The van der Waals surface area contributed by atoms with Gasteiger partial charge < -0.3 is 25.3 Å². The third kappa shape index (κ3) is 6.75. The second-order valence-corrected chi connectivity index (χ2v) is 6.33. The van der Waals surface area contributed by atoms with Crippen molar-refractivity contribution in [1.82, 2.24) is 5.32 Å². The molecule has 6 nitrogen and oxygen atoms in total. The fourth-order valence-electron chi connectivity index (χ4n) is 1.83. The topological polar surface area (TPSA) is 82.8 Å². The van der Waals surface area contributed by atoms with Crippen LogP contribution in [0.5, 0.6) is 0 Å². The van der Waals surface area contributed by atoms with Crippen LogP contribution in [0, 0.1) is 0 Å². The van der Waals surface area contributed by atoms with E-state index in [2.05, 4.69) is 5.32 Å². The predicted molar refractivity (Wildman–Crippen MR) is 71.7 cm³/mol. The number of nitrogens with two attached hydrogens (primary N) is 1. The van der Waals surface area contributed by atoms with E-state index in [1.807, 2.05) is 34.6 Å². The van der Waals surface area contributed by atoms with Gasteiger partial charge in [-0.15, -0.1) is 0 Å². The molecular weight excluding hydrogens is 248 g/mol. The molecule has 0 aromatic carbocycles. The van der Waals surface area contributed by atoms with Gasteiger partial charge in [0.15, 0.2) is 5.79 Å². The summed E-state index contributed by atoms with van der Waals surface area (Å²) in [6.45, 7) is 10.1. The molecule has 19 heavy (non-hydrogen) atoms. The zero-order valence-corrected chi connectivity index (χ0v) is 12.5. The predicted octanol–water partition coefficient (Wildman–Crippen LogP) is 1.38. The van der Waals surface area contributed by atoms with Crippen molar-refractivity contribution >= 4 is 6.09 Å². The second kappa shape index (κ2) is 6.07. The van der Waals surface area contributed by atoms with Gasteiger partial charge in [0.25, 0.3) is 0 Å². The van der Waals surface area contributed by atoms with Crippen LogP contribution in [0.25, 0.3) is 0 Å². The Kier molecular flexibility index (Phi) is 5.18. The molecule has 0 aromatic rings. The largest absolute Gasteiger partial charge is 0.444 e. The van der Waals surface area contributed by atoms with Crippen molar-refractivity contribution in [1.29, 1.82) is 0 Å². The number of hydrogen-bond acceptors (Lipinski definition) is 5. The Hall–Kier alpha value is -0.850. The number of rotatable bonds is 4. The van der Waals surface area contributed by atoms with Crippen LogP contribution >= 0.6 is 0 Å². The molecule has 0 spiro atoms. The van der Waals surface area contributed by atoms with E-state index in [0.29, 0.717) is 19.6 Å². The van der Waals surface area contributed by atoms with Crippen LogP contribution < -0.4 is 11.1 Å². The van der Waals surface area contributed by atoms with Crippen molar-refractivity contribution in [3.63, 3.8) is 0 Å². The first-order valence-corrected chi connectivity index (χ1v) is 6.61. The highest BCUT2D eigenvalue weighted by Gasteiger charge is 2.33. The van der Waals surface area contributed by atoms with Gasteiger partial charge in [-0.1, -0.05) is 0 Å². The standard InChI is InChI=1S/C13H26N2O4/c1-12(2,3)19-11(16)15-7-9(14)6-10-8-17-13(4,5)18-10/h9-10H,6-8,14H2,1-5H3,(H,15,16). The summed E-state index contributed by atoms with van der Waals surface area (Å²) in [5, 5.41) is 2.65. The Labute approximate surface area is 115 Å². The summed E-state index contributed by atoms with van der Waals surface area (Å²) in [7, 11) is 0. The van der Waals surface area contributed by atoms with Gasteiger partial charge in [0, 0.05) is 12.6 Å². The molecule has 0 aromatic heterocycles. The van der Waals surface area contributed by atoms with E-state index in [1.165, 1.54) is 0 Å². The van der Waals surface area contributed by atoms with E-state index in [0.717, 1.165) is 0 Å². The molecule has 0 radical (unpaired) electrons. The minimum atomic E-state index is -0.539. The minimum Gasteiger partial charge on any atom is -0.444 e. The molecule has 2 unspecified atom stereocenters. The van der Waals surface area contributed by atoms with E-state index in [1.54, 1.807) is 0 Å². The molecule has 112 valence electrons. The van der Waals surface area contributed by atoms with Gasteiger partial charge in [0.05, 0.1) is 12.7 Å². The van der Waals surface area contributed by atoms with Crippen molar-refractivity contribution in [3.05, 3.63) is 0 Å². The summed E-state index contributed by atoms with van der Waals surface area (Å²) < 4.78 is 16.2. The zero-order valence-electron chi connectivity index (χ0n) is 12.5. The number of ether oxygens (including phenoxy) is 3. The van der Waals surface area contributed by atoms with Gasteiger partial charge >= 0.3 is 6.09 Å². The molecule has 1 heterocycles. The Morgan fingerprint density at radius 3 is 2.63 bits per heavy atom. The lowest BCUT2D eigenvalue weighted by Gasteiger charge is -2.22. The Balaban J connectivity index is 2.22. The summed E-state index contributed by atoms with van der Waals surface area (Å²) in [6, 6.07) is -0.185. The van der Waals surface area contributed by atoms with Crippen LogP contribution in [0.2, 0.25) is 0 Å². The van der Waals surface area contributed by atoms with Gasteiger partial charge in [-0.2, -0.15) is 0 Å². The first-order chi connectivity index (χ1) is 8.57. The quantitative estimate of drug-likeness (QED) is 0.809. The summed E-state index contributed by atoms with van der Waals surface area (Å²) in [5.74, 6) is -0.539. The molecule has 1 amide bonds. The van der Waals surface area contributed by atoms with Crippen molar-refractivity contribution in [3.8, 4) is 0 Å². The maximum atomic E-state index is 11.5. The van der Waals surface area contributed by atoms with Gasteiger partial charge in [0.1, 0.15) is 5.60 Å². The van der Waals surface area contributed by atoms with Crippen LogP contribution in [0.15, 0.2) is 0 Å². The Morgan fingerprint density at radius 1 is 1.53 bits per heavy atom. The SMILES string of the molecule is CC(C)(C)OC(=O)NCC(N)CC1COC(C)(C)O1. The normalized spacial score (nSPS) is 24.0. The molecule has 6 heteroatoms. The lowest BCUT2D eigenvalue weighted by molar-refractivity contribution is -0.139. The summed E-state index contributed by atoms with van der Waals surface area (Å²) in [6.07, 6.45) is 0.163. The maximum Gasteiger partial charge on any atom is 0.407 e. The van der Waals surface area contributed by atoms with E-state index >= 15 is 0 Å². The first kappa shape index (κ1) is 16.2. The monoisotopic (exact) mass is 274 g/mol. The molecular formula is C13H26N2O4. The highest BCUT2D eigenvalue weighted by molar-refractivity contribution is 5.67. The fraction of sp³-hybridized carbons (Fsp3) is 0.923. The van der Waals surface area contributed by atoms with E-state index in [4.69, 9.17) is 19.9 Å². The molecule has 2 atom stereocenters. The fourth-order valence-corrected chi connectivity index (χ4v) is 1.83. The smallest absolute Gasteiger partial charge is 0.407 e. The van der Waals surface area contributed by atoms with Crippen molar-refractivity contribution in [2.24, 2.45) is 5.73 Å². The summed E-state index contributed by atoms with van der Waals surface area (Å²) in [4.78, 5) is 11.5. The Bertz CT molecular complexity index is 312. The van der Waals surface area contributed by atoms with Crippen molar-refractivity contribution in [2.75, 3.05) is 13.2 Å². The first-order valence-electron chi connectivity index (χ1n) is 6.61. The average Bonchev–Trinajstić information content (AvgIpc) is 2.52. The van der Waals surface area contributed by atoms with E-state index < -0.39 is 17.5 Å². The van der Waals surface area contributed by atoms with Crippen LogP contribution in [0.3, 0.4) is 0 Å². The Morgan fingerprint density at radius 2 is 2.16 bits per heavy atom. The summed E-state index contributed by atoms with van der Waals surface area (Å²) in [5.41, 5.74) is 5.45. The lowest BCUT2D eigenvalue weighted by Crippen LogP contribution is -2.42. The van der Waals surface area contributed by atoms with E-state index in [9.17, 15) is 4.79 Å². The van der Waals surface area contributed by atoms with Crippen molar-refractivity contribution < 1.29 is 19.0 Å². The molecule has 3 N–H and O–H groups in total. The van der Waals surface area contributed by atoms with Crippen molar-refractivity contribution in [2.45, 2.75) is 64.6 Å². The van der Waals surface area contributed by atoms with Gasteiger partial charge in [-0.05, 0) is 41.0 Å². The lowest BCUT2D eigenvalue weighted by atomic mass is 10.1. The molecule has 1 rings (SSSR count). The van der Waals surface area contributed by atoms with Crippen LogP contribution in [0.4, 0.5) is 4.79 Å². The number of alkyl carbamates (subject to hydrolysis) is 1. The molecule has 1 saturated heterocycles. The highest BCUT2D eigenvalue weighted by atomic mass is 16.7. The average molecular weight is 274 g/mol. The molecule has 0 aliphatic carbocycles. The molecule has 1 fully saturated rings. The van der Waals surface area contributed by atoms with Gasteiger partial charge in [0.2, 0.25) is 0 Å². The maximum absolute atomic E-state index is 11.5. The third-order valence-corrected chi connectivity index (χ3v) is 2.54. The third-order valence-electron chi connectivity index (χ3n) is 2.54.